The highest BCUT2D eigenvalue weighted by molar-refractivity contribution is 6.62. The number of methoxy groups -OCH3 is 1. The Morgan fingerprint density at radius 3 is 2.16 bits per heavy atom. The minimum atomic E-state index is -0.0613. The molecule has 19 heavy (non-hydrogen) atoms. The highest BCUT2D eigenvalue weighted by Crippen LogP contribution is 2.49. The van der Waals surface area contributed by atoms with Crippen LogP contribution in [-0.4, -0.2) is 19.8 Å². The molecular weight excluding hydrogens is 235 g/mol. The smallest absolute Gasteiger partial charge is 0.306 e. The summed E-state index contributed by atoms with van der Waals surface area (Å²) in [4.78, 5) is 11.5. The highest BCUT2D eigenvalue weighted by Gasteiger charge is 2.39. The molecule has 2 aliphatic rings. The van der Waals surface area contributed by atoms with E-state index in [1.807, 2.05) is 0 Å². The Bertz CT molecular complexity index is 292. The van der Waals surface area contributed by atoms with Gasteiger partial charge in [-0.1, -0.05) is 76.7 Å². The van der Waals surface area contributed by atoms with Gasteiger partial charge in [0.15, 0.2) is 0 Å². The molecule has 2 rings (SSSR count). The first kappa shape index (κ1) is 14.9. The molecule has 2 heterocycles. The third kappa shape index (κ3) is 4.00. The van der Waals surface area contributed by atoms with Crippen LogP contribution in [0.5, 0.6) is 0 Å². The summed E-state index contributed by atoms with van der Waals surface area (Å²) in [5.41, 5.74) is 0.0961. The van der Waals surface area contributed by atoms with Gasteiger partial charge in [0.25, 0.3) is 0 Å². The summed E-state index contributed by atoms with van der Waals surface area (Å²) < 4.78 is 4.81. The monoisotopic (exact) mass is 264 g/mol. The molecule has 0 spiro atoms. The number of ether oxygens (including phenoxy) is 1. The zero-order chi connectivity index (χ0) is 13.9. The van der Waals surface area contributed by atoms with Gasteiger partial charge in [0, 0.05) is 0 Å². The van der Waals surface area contributed by atoms with Crippen LogP contribution in [0.3, 0.4) is 0 Å². The van der Waals surface area contributed by atoms with Crippen LogP contribution in [-0.2, 0) is 9.53 Å². The summed E-state index contributed by atoms with van der Waals surface area (Å²) in [5.74, 6) is 1.91. The predicted octanol–water partition coefficient (Wildman–Crippen LogP) is 4.57. The summed E-state index contributed by atoms with van der Waals surface area (Å²) in [7, 11) is 1.49. The van der Waals surface area contributed by atoms with Crippen molar-refractivity contribution >= 4 is 12.7 Å². The zero-order valence-electron chi connectivity index (χ0n) is 12.9. The first-order valence-electron chi connectivity index (χ1n) is 8.09. The van der Waals surface area contributed by atoms with Crippen LogP contribution < -0.4 is 0 Å². The van der Waals surface area contributed by atoms with Crippen molar-refractivity contribution in [1.29, 1.82) is 0 Å². The van der Waals surface area contributed by atoms with Crippen molar-refractivity contribution in [1.82, 2.24) is 0 Å². The van der Waals surface area contributed by atoms with Gasteiger partial charge < -0.3 is 4.74 Å². The van der Waals surface area contributed by atoms with Gasteiger partial charge >= 0.3 is 5.97 Å². The van der Waals surface area contributed by atoms with Gasteiger partial charge in [-0.2, -0.15) is 0 Å². The summed E-state index contributed by atoms with van der Waals surface area (Å²) in [6.07, 6.45) is 11.8. The molecule has 2 nitrogen and oxygen atoms in total. The minimum absolute atomic E-state index is 0.0613. The van der Waals surface area contributed by atoms with Gasteiger partial charge in [-0.3, -0.25) is 4.79 Å². The van der Waals surface area contributed by atoms with Crippen LogP contribution in [0.15, 0.2) is 0 Å². The van der Waals surface area contributed by atoms with E-state index in [4.69, 9.17) is 4.74 Å². The van der Waals surface area contributed by atoms with Crippen molar-refractivity contribution in [2.24, 2.45) is 5.41 Å². The fraction of sp³-hybridized carbons (Fsp3) is 0.938. The van der Waals surface area contributed by atoms with Crippen LogP contribution in [0, 0.1) is 5.41 Å². The Morgan fingerprint density at radius 1 is 1.16 bits per heavy atom. The lowest BCUT2D eigenvalue weighted by molar-refractivity contribution is -0.142. The van der Waals surface area contributed by atoms with Crippen LogP contribution >= 0.6 is 0 Å². The normalized spacial score (nSPS) is 27.2. The van der Waals surface area contributed by atoms with Crippen molar-refractivity contribution in [2.75, 3.05) is 7.11 Å². The molecule has 0 aromatic carbocycles. The van der Waals surface area contributed by atoms with E-state index in [0.717, 1.165) is 18.3 Å². The van der Waals surface area contributed by atoms with Gasteiger partial charge in [0.1, 0.15) is 6.71 Å². The number of hydrogen-bond acceptors (Lipinski definition) is 2. The maximum atomic E-state index is 11.5. The van der Waals surface area contributed by atoms with E-state index in [2.05, 4.69) is 13.8 Å². The molecule has 0 aromatic rings. The van der Waals surface area contributed by atoms with Gasteiger partial charge in [-0.05, 0) is 5.41 Å². The Kier molecular flexibility index (Phi) is 4.97. The number of esters is 1. The van der Waals surface area contributed by atoms with Crippen molar-refractivity contribution in [3.63, 3.8) is 0 Å². The fourth-order valence-electron chi connectivity index (χ4n) is 4.39. The SMILES string of the molecule is COC(=O)CC(C)(C)CCB1C2CCCC1CCC2. The lowest BCUT2D eigenvalue weighted by Crippen LogP contribution is -2.35. The summed E-state index contributed by atoms with van der Waals surface area (Å²) in [6.45, 7) is 5.37. The lowest BCUT2D eigenvalue weighted by Gasteiger charge is -2.41. The number of carbonyl (C=O) groups excluding carboxylic acids is 1. The number of hydrogen-bond donors (Lipinski definition) is 0. The molecule has 2 aliphatic heterocycles. The van der Waals surface area contributed by atoms with Crippen LogP contribution in [0.2, 0.25) is 18.0 Å². The predicted molar refractivity (Wildman–Crippen MR) is 80.8 cm³/mol. The second-order valence-electron chi connectivity index (χ2n) is 7.50. The summed E-state index contributed by atoms with van der Waals surface area (Å²) >= 11 is 0. The summed E-state index contributed by atoms with van der Waals surface area (Å²) in [5, 5.41) is 0. The second kappa shape index (κ2) is 6.32. The third-order valence-electron chi connectivity index (χ3n) is 5.52. The molecule has 0 amide bonds. The van der Waals surface area contributed by atoms with Gasteiger partial charge in [0.05, 0.1) is 13.5 Å². The quantitative estimate of drug-likeness (QED) is 0.537. The Morgan fingerprint density at radius 2 is 1.68 bits per heavy atom. The first-order chi connectivity index (χ1) is 9.02. The van der Waals surface area contributed by atoms with Crippen molar-refractivity contribution in [3.8, 4) is 0 Å². The van der Waals surface area contributed by atoms with E-state index >= 15 is 0 Å². The second-order valence-corrected chi connectivity index (χ2v) is 7.50. The molecule has 0 unspecified atom stereocenters. The molecule has 0 N–H and O–H groups in total. The zero-order valence-corrected chi connectivity index (χ0v) is 12.9. The van der Waals surface area contributed by atoms with Gasteiger partial charge in [0.2, 0.25) is 0 Å². The highest BCUT2D eigenvalue weighted by atomic mass is 16.5. The molecule has 108 valence electrons. The molecular formula is C16H29BO2. The van der Waals surface area contributed by atoms with E-state index in [9.17, 15) is 4.79 Å². The van der Waals surface area contributed by atoms with Crippen molar-refractivity contribution in [3.05, 3.63) is 0 Å². The van der Waals surface area contributed by atoms with Crippen molar-refractivity contribution in [2.45, 2.75) is 83.2 Å². The molecule has 2 fully saturated rings. The molecule has 2 saturated heterocycles. The topological polar surface area (TPSA) is 26.3 Å². The molecule has 0 aliphatic carbocycles. The maximum absolute atomic E-state index is 11.5. The molecule has 0 saturated carbocycles. The molecule has 2 bridgehead atoms. The van der Waals surface area contributed by atoms with Crippen LogP contribution in [0.1, 0.15) is 65.2 Å². The largest absolute Gasteiger partial charge is 0.469 e. The van der Waals surface area contributed by atoms with E-state index in [-0.39, 0.29) is 11.4 Å². The van der Waals surface area contributed by atoms with Crippen LogP contribution in [0.4, 0.5) is 0 Å². The number of fused-ring (bicyclic) bond motifs is 2. The third-order valence-corrected chi connectivity index (χ3v) is 5.52. The fourth-order valence-corrected chi connectivity index (χ4v) is 4.39. The Hall–Kier alpha value is -0.465. The van der Waals surface area contributed by atoms with E-state index in [1.165, 1.54) is 58.4 Å². The van der Waals surface area contributed by atoms with Crippen molar-refractivity contribution < 1.29 is 9.53 Å². The average molecular weight is 264 g/mol. The number of carbonyl (C=O) groups is 1. The molecule has 0 atom stereocenters. The van der Waals surface area contributed by atoms with E-state index in [0.29, 0.717) is 6.42 Å². The summed E-state index contributed by atoms with van der Waals surface area (Å²) in [6, 6.07) is 0. The van der Waals surface area contributed by atoms with Gasteiger partial charge in [-0.25, -0.2) is 0 Å². The molecule has 0 radical (unpaired) electrons. The first-order valence-corrected chi connectivity index (χ1v) is 8.09. The van der Waals surface area contributed by atoms with Crippen LogP contribution in [0.25, 0.3) is 0 Å². The van der Waals surface area contributed by atoms with E-state index < -0.39 is 0 Å². The minimum Gasteiger partial charge on any atom is -0.469 e. The molecule has 0 aromatic heterocycles. The maximum Gasteiger partial charge on any atom is 0.306 e. The number of rotatable bonds is 5. The molecule has 3 heteroatoms. The Balaban J connectivity index is 1.85. The Labute approximate surface area is 118 Å². The average Bonchev–Trinajstić information content (AvgIpc) is 2.35. The standard InChI is InChI=1S/C16H29BO2/c1-16(2,12-15(18)19-3)10-11-17-13-6-4-7-14(17)9-5-8-13/h13-14H,4-12H2,1-3H3. The van der Waals surface area contributed by atoms with E-state index in [1.54, 1.807) is 0 Å². The van der Waals surface area contributed by atoms with Gasteiger partial charge in [-0.15, -0.1) is 0 Å². The lowest BCUT2D eigenvalue weighted by atomic mass is 9.25.